The molecule has 0 bridgehead atoms. The van der Waals surface area contributed by atoms with Gasteiger partial charge < -0.3 is 14.8 Å². The number of hydrogen-bond donors (Lipinski definition) is 1. The number of hydrogen-bond acceptors (Lipinski definition) is 3. The van der Waals surface area contributed by atoms with Crippen LogP contribution in [0, 0.1) is 6.92 Å². The van der Waals surface area contributed by atoms with Crippen LogP contribution < -0.4 is 14.8 Å². The van der Waals surface area contributed by atoms with Gasteiger partial charge in [0.25, 0.3) is 5.91 Å². The van der Waals surface area contributed by atoms with Crippen molar-refractivity contribution in [1.82, 2.24) is 5.32 Å². The molecule has 0 radical (unpaired) electrons. The maximum atomic E-state index is 12.0. The van der Waals surface area contributed by atoms with Crippen molar-refractivity contribution in [3.05, 3.63) is 59.7 Å². The molecule has 0 aliphatic carbocycles. The van der Waals surface area contributed by atoms with Gasteiger partial charge in [-0.1, -0.05) is 35.9 Å². The summed E-state index contributed by atoms with van der Waals surface area (Å²) >= 11 is 0. The van der Waals surface area contributed by atoms with Gasteiger partial charge in [0, 0.05) is 6.07 Å². The molecule has 1 atom stereocenters. The molecule has 1 amide bonds. The molecule has 4 nitrogen and oxygen atoms in total. The lowest BCUT2D eigenvalue weighted by molar-refractivity contribution is -0.123. The largest absolute Gasteiger partial charge is 0.497 e. The van der Waals surface area contributed by atoms with Gasteiger partial charge in [-0.2, -0.15) is 0 Å². The highest BCUT2D eigenvalue weighted by molar-refractivity contribution is 5.78. The highest BCUT2D eigenvalue weighted by atomic mass is 16.5. The Bertz CT molecular complexity index is 622. The van der Waals surface area contributed by atoms with Gasteiger partial charge in [0.1, 0.15) is 11.5 Å². The maximum Gasteiger partial charge on any atom is 0.258 e. The van der Waals surface area contributed by atoms with E-state index in [-0.39, 0.29) is 18.6 Å². The van der Waals surface area contributed by atoms with Gasteiger partial charge in [0.2, 0.25) is 0 Å². The number of amides is 1. The van der Waals surface area contributed by atoms with Gasteiger partial charge >= 0.3 is 0 Å². The van der Waals surface area contributed by atoms with E-state index in [0.717, 1.165) is 5.56 Å². The molecule has 2 aromatic rings. The summed E-state index contributed by atoms with van der Waals surface area (Å²) in [7, 11) is 1.59. The number of aryl methyl sites for hydroxylation is 1. The van der Waals surface area contributed by atoms with E-state index >= 15 is 0 Å². The molecule has 2 rings (SSSR count). The van der Waals surface area contributed by atoms with E-state index in [9.17, 15) is 4.79 Å². The Hall–Kier alpha value is -2.49. The lowest BCUT2D eigenvalue weighted by atomic mass is 10.1. The predicted octanol–water partition coefficient (Wildman–Crippen LogP) is 3.26. The average Bonchev–Trinajstić information content (AvgIpc) is 2.53. The van der Waals surface area contributed by atoms with Gasteiger partial charge in [0.05, 0.1) is 13.2 Å². The number of carbonyl (C=O) groups is 1. The van der Waals surface area contributed by atoms with Crippen LogP contribution in [0.5, 0.6) is 11.5 Å². The van der Waals surface area contributed by atoms with Crippen molar-refractivity contribution in [2.75, 3.05) is 13.7 Å². The minimum atomic E-state index is -0.157. The van der Waals surface area contributed by atoms with Crippen LogP contribution in [0.25, 0.3) is 0 Å². The third-order valence-corrected chi connectivity index (χ3v) is 3.37. The first-order valence-electron chi connectivity index (χ1n) is 7.21. The minimum Gasteiger partial charge on any atom is -0.497 e. The highest BCUT2D eigenvalue weighted by Crippen LogP contribution is 2.19. The summed E-state index contributed by atoms with van der Waals surface area (Å²) in [6, 6.07) is 15.2. The zero-order valence-corrected chi connectivity index (χ0v) is 13.1. The summed E-state index contributed by atoms with van der Waals surface area (Å²) < 4.78 is 10.6. The number of rotatable bonds is 6. The second-order valence-corrected chi connectivity index (χ2v) is 5.17. The Morgan fingerprint density at radius 3 is 2.50 bits per heavy atom. The molecular weight excluding hydrogens is 278 g/mol. The first-order chi connectivity index (χ1) is 10.6. The van der Waals surface area contributed by atoms with Gasteiger partial charge in [-0.05, 0) is 31.5 Å². The molecule has 0 aliphatic rings. The molecule has 0 aliphatic heterocycles. The average molecular weight is 299 g/mol. The molecule has 4 heteroatoms. The highest BCUT2D eigenvalue weighted by Gasteiger charge is 2.10. The van der Waals surface area contributed by atoms with E-state index in [2.05, 4.69) is 5.32 Å². The molecule has 1 unspecified atom stereocenters. The molecule has 0 heterocycles. The number of nitrogens with one attached hydrogen (secondary N) is 1. The van der Waals surface area contributed by atoms with Crippen LogP contribution in [0.1, 0.15) is 24.1 Å². The Balaban J connectivity index is 1.85. The third kappa shape index (κ3) is 4.52. The number of benzene rings is 2. The quantitative estimate of drug-likeness (QED) is 0.890. The molecule has 0 saturated carbocycles. The Kier molecular flexibility index (Phi) is 5.42. The molecule has 0 spiro atoms. The van der Waals surface area contributed by atoms with Crippen molar-refractivity contribution in [3.8, 4) is 11.5 Å². The summed E-state index contributed by atoms with van der Waals surface area (Å²) in [5.41, 5.74) is 2.27. The van der Waals surface area contributed by atoms with E-state index in [1.165, 1.54) is 5.56 Å². The fourth-order valence-electron chi connectivity index (χ4n) is 2.06. The lowest BCUT2D eigenvalue weighted by Crippen LogP contribution is -2.31. The zero-order chi connectivity index (χ0) is 15.9. The Morgan fingerprint density at radius 1 is 1.14 bits per heavy atom. The van der Waals surface area contributed by atoms with E-state index in [0.29, 0.717) is 11.5 Å². The standard InChI is InChI=1S/C18H21NO3/c1-13-7-9-15(10-8-13)14(2)19-18(20)12-22-17-6-4-5-16(11-17)21-3/h4-11,14H,12H2,1-3H3,(H,19,20). The van der Waals surface area contributed by atoms with Gasteiger partial charge in [0.15, 0.2) is 6.61 Å². The van der Waals surface area contributed by atoms with Crippen LogP contribution >= 0.6 is 0 Å². The summed E-state index contributed by atoms with van der Waals surface area (Å²) in [4.78, 5) is 12.0. The van der Waals surface area contributed by atoms with Gasteiger partial charge in [-0.3, -0.25) is 4.79 Å². The second-order valence-electron chi connectivity index (χ2n) is 5.17. The Labute approximate surface area is 131 Å². The van der Waals surface area contributed by atoms with Crippen LogP contribution in [0.4, 0.5) is 0 Å². The minimum absolute atomic E-state index is 0.0244. The SMILES string of the molecule is COc1cccc(OCC(=O)NC(C)c2ccc(C)cc2)c1. The van der Waals surface area contributed by atoms with Crippen molar-refractivity contribution in [2.45, 2.75) is 19.9 Å². The molecule has 1 N–H and O–H groups in total. The monoisotopic (exact) mass is 299 g/mol. The van der Waals surface area contributed by atoms with E-state index in [4.69, 9.17) is 9.47 Å². The van der Waals surface area contributed by atoms with Crippen LogP contribution in [0.3, 0.4) is 0 Å². The van der Waals surface area contributed by atoms with E-state index in [1.807, 2.05) is 50.2 Å². The topological polar surface area (TPSA) is 47.6 Å². The van der Waals surface area contributed by atoms with Crippen molar-refractivity contribution >= 4 is 5.91 Å². The summed E-state index contributed by atoms with van der Waals surface area (Å²) in [5, 5.41) is 2.92. The van der Waals surface area contributed by atoms with Crippen molar-refractivity contribution in [3.63, 3.8) is 0 Å². The predicted molar refractivity (Wildman–Crippen MR) is 86.2 cm³/mol. The molecule has 22 heavy (non-hydrogen) atoms. The number of ether oxygens (including phenoxy) is 2. The molecule has 116 valence electrons. The summed E-state index contributed by atoms with van der Waals surface area (Å²) in [6.07, 6.45) is 0. The first kappa shape index (κ1) is 15.9. The molecule has 2 aromatic carbocycles. The number of methoxy groups -OCH3 is 1. The van der Waals surface area contributed by atoms with Crippen LogP contribution in [0.2, 0.25) is 0 Å². The van der Waals surface area contributed by atoms with Crippen molar-refractivity contribution in [2.24, 2.45) is 0 Å². The van der Waals surface area contributed by atoms with E-state index < -0.39 is 0 Å². The van der Waals surface area contributed by atoms with E-state index in [1.54, 1.807) is 19.2 Å². The third-order valence-electron chi connectivity index (χ3n) is 3.37. The fourth-order valence-corrected chi connectivity index (χ4v) is 2.06. The molecule has 0 fully saturated rings. The zero-order valence-electron chi connectivity index (χ0n) is 13.1. The van der Waals surface area contributed by atoms with Crippen molar-refractivity contribution in [1.29, 1.82) is 0 Å². The van der Waals surface area contributed by atoms with Gasteiger partial charge in [-0.25, -0.2) is 0 Å². The summed E-state index contributed by atoms with van der Waals surface area (Å²) in [5.74, 6) is 1.15. The Morgan fingerprint density at radius 2 is 1.82 bits per heavy atom. The maximum absolute atomic E-state index is 12.0. The number of carbonyl (C=O) groups excluding carboxylic acids is 1. The molecule has 0 saturated heterocycles. The van der Waals surface area contributed by atoms with Crippen LogP contribution in [-0.2, 0) is 4.79 Å². The van der Waals surface area contributed by atoms with Crippen LogP contribution in [0.15, 0.2) is 48.5 Å². The van der Waals surface area contributed by atoms with Gasteiger partial charge in [-0.15, -0.1) is 0 Å². The smallest absolute Gasteiger partial charge is 0.258 e. The molecule has 0 aromatic heterocycles. The summed E-state index contributed by atoms with van der Waals surface area (Å²) in [6.45, 7) is 3.96. The normalized spacial score (nSPS) is 11.6. The van der Waals surface area contributed by atoms with Crippen LogP contribution in [-0.4, -0.2) is 19.6 Å². The second kappa shape index (κ2) is 7.50. The molecular formula is C18H21NO3. The van der Waals surface area contributed by atoms with Crippen molar-refractivity contribution < 1.29 is 14.3 Å². The lowest BCUT2D eigenvalue weighted by Gasteiger charge is -2.15. The fraction of sp³-hybridized carbons (Fsp3) is 0.278. The first-order valence-corrected chi connectivity index (χ1v) is 7.21.